The van der Waals surface area contributed by atoms with Crippen LogP contribution in [0.4, 0.5) is 4.79 Å². The number of fused-ring (bicyclic) bond motifs is 1. The molecule has 9 heteroatoms. The third-order valence-electron chi connectivity index (χ3n) is 5.58. The third kappa shape index (κ3) is 4.57. The Kier molecular flexibility index (Phi) is 6.33. The van der Waals surface area contributed by atoms with E-state index in [9.17, 15) is 19.8 Å². The Morgan fingerprint density at radius 3 is 2.67 bits per heavy atom. The zero-order chi connectivity index (χ0) is 22.1. The van der Waals surface area contributed by atoms with E-state index in [-0.39, 0.29) is 5.56 Å². The third-order valence-corrected chi connectivity index (χ3v) is 5.58. The van der Waals surface area contributed by atoms with Crippen molar-refractivity contribution in [2.45, 2.75) is 51.4 Å². The van der Waals surface area contributed by atoms with E-state index >= 15 is 0 Å². The van der Waals surface area contributed by atoms with Crippen LogP contribution in [-0.2, 0) is 6.54 Å². The summed E-state index contributed by atoms with van der Waals surface area (Å²) in [5.74, 6) is 0.578. The molecule has 1 fully saturated rings. The normalized spacial score (nSPS) is 20.3. The van der Waals surface area contributed by atoms with Gasteiger partial charge in [0.1, 0.15) is 5.75 Å². The standard InChI is InChI=1S/C21H30N4O5/c1-21(2,3)25(20(28)29)16-7-8-23(13-18(16)26)9-10-24-17-11-14(30-4)12-22-15(17)5-6-19(24)27/h5-6,11-12,16,18,26H,7-10,13H2,1-4H3,(H,28,29)/t16-,18+/m1/s1. The van der Waals surface area contributed by atoms with E-state index in [2.05, 4.69) is 9.88 Å². The summed E-state index contributed by atoms with van der Waals surface area (Å²) in [6.45, 7) is 7.47. The number of nitrogens with zero attached hydrogens (tertiary/aromatic N) is 4. The van der Waals surface area contributed by atoms with Crippen molar-refractivity contribution in [2.75, 3.05) is 26.7 Å². The van der Waals surface area contributed by atoms with Crippen molar-refractivity contribution in [2.24, 2.45) is 0 Å². The smallest absolute Gasteiger partial charge is 0.408 e. The Balaban J connectivity index is 1.72. The number of ether oxygens (including phenoxy) is 1. The number of piperidine rings is 1. The first kappa shape index (κ1) is 22.0. The highest BCUT2D eigenvalue weighted by Crippen LogP contribution is 2.25. The number of hydrogen-bond donors (Lipinski definition) is 2. The molecule has 0 saturated carbocycles. The Hall–Kier alpha value is -2.65. The number of hydrogen-bond acceptors (Lipinski definition) is 6. The van der Waals surface area contributed by atoms with Gasteiger partial charge in [0.25, 0.3) is 5.56 Å². The fraction of sp³-hybridized carbons (Fsp3) is 0.571. The van der Waals surface area contributed by atoms with E-state index in [0.29, 0.717) is 49.4 Å². The fourth-order valence-electron chi connectivity index (χ4n) is 4.15. The molecule has 2 aromatic rings. The van der Waals surface area contributed by atoms with Crippen molar-refractivity contribution in [3.05, 3.63) is 34.7 Å². The molecule has 2 N–H and O–H groups in total. The number of aromatic nitrogens is 2. The van der Waals surface area contributed by atoms with Crippen molar-refractivity contribution in [3.8, 4) is 5.75 Å². The molecule has 0 radical (unpaired) electrons. The van der Waals surface area contributed by atoms with Gasteiger partial charge < -0.3 is 19.5 Å². The summed E-state index contributed by atoms with van der Waals surface area (Å²) in [4.78, 5) is 31.9. The average Bonchev–Trinajstić information content (AvgIpc) is 2.67. The van der Waals surface area contributed by atoms with Gasteiger partial charge in [-0.3, -0.25) is 19.6 Å². The molecule has 0 unspecified atom stereocenters. The number of aliphatic hydroxyl groups is 1. The zero-order valence-corrected chi connectivity index (χ0v) is 17.9. The molecule has 2 aromatic heterocycles. The number of aliphatic hydroxyl groups excluding tert-OH is 1. The number of likely N-dealkylation sites (tertiary alicyclic amines) is 1. The second-order valence-corrected chi connectivity index (χ2v) is 8.65. The lowest BCUT2D eigenvalue weighted by molar-refractivity contribution is -0.0354. The minimum absolute atomic E-state index is 0.127. The quantitative estimate of drug-likeness (QED) is 0.760. The Morgan fingerprint density at radius 1 is 1.33 bits per heavy atom. The van der Waals surface area contributed by atoms with Crippen molar-refractivity contribution in [3.63, 3.8) is 0 Å². The molecule has 0 aliphatic carbocycles. The predicted molar refractivity (Wildman–Crippen MR) is 113 cm³/mol. The van der Waals surface area contributed by atoms with Crippen LogP contribution in [0.3, 0.4) is 0 Å². The summed E-state index contributed by atoms with van der Waals surface area (Å²) >= 11 is 0. The number of β-amino-alcohol motifs (C(OH)–C–C–N with tert-alkyl or cyclic N) is 1. The average molecular weight is 418 g/mol. The van der Waals surface area contributed by atoms with E-state index in [1.165, 1.54) is 11.0 Å². The molecule has 1 saturated heterocycles. The van der Waals surface area contributed by atoms with Crippen LogP contribution < -0.4 is 10.3 Å². The zero-order valence-electron chi connectivity index (χ0n) is 17.9. The van der Waals surface area contributed by atoms with Crippen LogP contribution >= 0.6 is 0 Å². The van der Waals surface area contributed by atoms with E-state index in [0.717, 1.165) is 0 Å². The lowest BCUT2D eigenvalue weighted by atomic mass is 9.95. The summed E-state index contributed by atoms with van der Waals surface area (Å²) in [5.41, 5.74) is 0.679. The SMILES string of the molecule is COc1cnc2ccc(=O)n(CCN3CC[C@@H](N(C(=O)O)C(C)(C)C)[C@@H](O)C3)c2c1. The molecule has 3 rings (SSSR count). The Morgan fingerprint density at radius 2 is 2.07 bits per heavy atom. The second-order valence-electron chi connectivity index (χ2n) is 8.65. The van der Waals surface area contributed by atoms with Crippen LogP contribution in [0.25, 0.3) is 11.0 Å². The summed E-state index contributed by atoms with van der Waals surface area (Å²) in [7, 11) is 1.55. The highest BCUT2D eigenvalue weighted by molar-refractivity contribution is 5.75. The molecule has 1 amide bonds. The summed E-state index contributed by atoms with van der Waals surface area (Å²) < 4.78 is 6.89. The Labute approximate surface area is 175 Å². The fourth-order valence-corrected chi connectivity index (χ4v) is 4.15. The number of methoxy groups -OCH3 is 1. The minimum atomic E-state index is -1.02. The molecule has 164 valence electrons. The van der Waals surface area contributed by atoms with Crippen molar-refractivity contribution >= 4 is 17.1 Å². The van der Waals surface area contributed by atoms with Gasteiger partial charge in [0.2, 0.25) is 0 Å². The molecular weight excluding hydrogens is 388 g/mol. The van der Waals surface area contributed by atoms with Crippen molar-refractivity contribution < 1.29 is 19.7 Å². The van der Waals surface area contributed by atoms with Crippen LogP contribution in [0.2, 0.25) is 0 Å². The maximum Gasteiger partial charge on any atom is 0.408 e. The van der Waals surface area contributed by atoms with E-state index < -0.39 is 23.8 Å². The van der Waals surface area contributed by atoms with Gasteiger partial charge in [-0.2, -0.15) is 0 Å². The number of pyridine rings is 2. The maximum atomic E-state index is 12.5. The van der Waals surface area contributed by atoms with Gasteiger partial charge in [0, 0.05) is 43.9 Å². The van der Waals surface area contributed by atoms with E-state index in [4.69, 9.17) is 4.74 Å². The molecule has 1 aliphatic rings. The predicted octanol–water partition coefficient (Wildman–Crippen LogP) is 1.62. The maximum absolute atomic E-state index is 12.5. The van der Waals surface area contributed by atoms with Gasteiger partial charge in [0.15, 0.2) is 0 Å². The first-order valence-electron chi connectivity index (χ1n) is 10.1. The molecule has 0 spiro atoms. The van der Waals surface area contributed by atoms with Gasteiger partial charge in [-0.05, 0) is 33.3 Å². The monoisotopic (exact) mass is 418 g/mol. The van der Waals surface area contributed by atoms with E-state index in [1.807, 2.05) is 20.8 Å². The van der Waals surface area contributed by atoms with Crippen LogP contribution in [0.15, 0.2) is 29.2 Å². The number of amides is 1. The van der Waals surface area contributed by atoms with Crippen molar-refractivity contribution in [1.29, 1.82) is 0 Å². The minimum Gasteiger partial charge on any atom is -0.495 e. The topological polar surface area (TPSA) is 108 Å². The molecule has 1 aliphatic heterocycles. The van der Waals surface area contributed by atoms with Crippen molar-refractivity contribution in [1.82, 2.24) is 19.4 Å². The highest BCUT2D eigenvalue weighted by Gasteiger charge is 2.39. The summed E-state index contributed by atoms with van der Waals surface area (Å²) in [6, 6.07) is 4.53. The molecular formula is C21H30N4O5. The van der Waals surface area contributed by atoms with Gasteiger partial charge in [-0.1, -0.05) is 0 Å². The molecule has 9 nitrogen and oxygen atoms in total. The first-order chi connectivity index (χ1) is 14.1. The molecule has 0 bridgehead atoms. The summed E-state index contributed by atoms with van der Waals surface area (Å²) in [5, 5.41) is 20.3. The lowest BCUT2D eigenvalue weighted by Gasteiger charge is -2.45. The van der Waals surface area contributed by atoms with E-state index in [1.54, 1.807) is 30.0 Å². The van der Waals surface area contributed by atoms with Gasteiger partial charge >= 0.3 is 6.09 Å². The number of rotatable bonds is 5. The highest BCUT2D eigenvalue weighted by atomic mass is 16.5. The van der Waals surface area contributed by atoms with Gasteiger partial charge in [0.05, 0.1) is 36.5 Å². The number of carbonyl (C=O) groups is 1. The molecule has 30 heavy (non-hydrogen) atoms. The Bertz CT molecular complexity index is 968. The van der Waals surface area contributed by atoms with Gasteiger partial charge in [-0.15, -0.1) is 0 Å². The van der Waals surface area contributed by atoms with Crippen LogP contribution in [-0.4, -0.2) is 80.1 Å². The largest absolute Gasteiger partial charge is 0.495 e. The van der Waals surface area contributed by atoms with Crippen LogP contribution in [0.1, 0.15) is 27.2 Å². The summed E-state index contributed by atoms with van der Waals surface area (Å²) in [6.07, 6.45) is 0.329. The van der Waals surface area contributed by atoms with Crippen LogP contribution in [0, 0.1) is 0 Å². The lowest BCUT2D eigenvalue weighted by Crippen LogP contribution is -2.60. The second kappa shape index (κ2) is 8.61. The molecule has 3 heterocycles. The van der Waals surface area contributed by atoms with Gasteiger partial charge in [-0.25, -0.2) is 4.79 Å². The first-order valence-corrected chi connectivity index (χ1v) is 10.1. The molecule has 0 aromatic carbocycles. The molecule has 2 atom stereocenters. The van der Waals surface area contributed by atoms with Crippen LogP contribution in [0.5, 0.6) is 5.75 Å². The number of carboxylic acid groups (broad SMARTS) is 1.